The Bertz CT molecular complexity index is 455. The fourth-order valence-electron chi connectivity index (χ4n) is 2.94. The van der Waals surface area contributed by atoms with Gasteiger partial charge in [-0.3, -0.25) is 0 Å². The topological polar surface area (TPSA) is 37.7 Å². The highest BCUT2D eigenvalue weighted by Crippen LogP contribution is 2.10. The summed E-state index contributed by atoms with van der Waals surface area (Å²) in [6.07, 6.45) is 3.69. The Morgan fingerprint density at radius 3 is 2.55 bits per heavy atom. The van der Waals surface area contributed by atoms with Gasteiger partial charge in [0.25, 0.3) is 0 Å². The first kappa shape index (κ1) is 17.0. The van der Waals surface area contributed by atoms with Crippen molar-refractivity contribution in [1.82, 2.24) is 10.6 Å². The van der Waals surface area contributed by atoms with Crippen LogP contribution in [0.3, 0.4) is 0 Å². The summed E-state index contributed by atoms with van der Waals surface area (Å²) in [6.45, 7) is 6.82. The Labute approximate surface area is 139 Å². The summed E-state index contributed by atoms with van der Waals surface area (Å²) in [5.41, 5.74) is 1.20. The van der Waals surface area contributed by atoms with Crippen LogP contribution in [0.25, 0.3) is 0 Å². The lowest BCUT2D eigenvalue weighted by Gasteiger charge is -2.30. The number of benzene rings is 1. The van der Waals surface area contributed by atoms with Gasteiger partial charge in [-0.1, -0.05) is 19.1 Å². The van der Waals surface area contributed by atoms with Crippen LogP contribution in [-0.2, 0) is 6.54 Å². The number of likely N-dealkylation sites (tertiary alicyclic amines) is 1. The van der Waals surface area contributed by atoms with Crippen molar-refractivity contribution in [2.75, 3.05) is 26.7 Å². The first-order valence-corrected chi connectivity index (χ1v) is 8.63. The normalized spacial score (nSPS) is 21.2. The van der Waals surface area contributed by atoms with Crippen LogP contribution in [0.4, 0.5) is 0 Å². The van der Waals surface area contributed by atoms with E-state index in [1.54, 1.807) is 12.0 Å². The van der Waals surface area contributed by atoms with Gasteiger partial charge in [-0.05, 0) is 36.3 Å². The highest BCUT2D eigenvalue weighted by atomic mass is 32.1. The summed E-state index contributed by atoms with van der Waals surface area (Å²) in [5, 5.41) is 7.51. The van der Waals surface area contributed by atoms with Crippen molar-refractivity contribution in [3.05, 3.63) is 29.8 Å². The van der Waals surface area contributed by atoms with Gasteiger partial charge in [0.2, 0.25) is 0 Å². The molecular formula is C17H28N3OS+. The molecule has 0 aromatic heterocycles. The molecule has 5 heteroatoms. The second kappa shape index (κ2) is 8.96. The summed E-state index contributed by atoms with van der Waals surface area (Å²) >= 11 is 5.41. The van der Waals surface area contributed by atoms with Gasteiger partial charge in [0.15, 0.2) is 5.11 Å². The summed E-state index contributed by atoms with van der Waals surface area (Å²) in [4.78, 5) is 1.73. The van der Waals surface area contributed by atoms with Gasteiger partial charge >= 0.3 is 0 Å². The summed E-state index contributed by atoms with van der Waals surface area (Å²) < 4.78 is 5.16. The number of nitrogens with one attached hydrogen (secondary N) is 3. The van der Waals surface area contributed by atoms with Gasteiger partial charge < -0.3 is 20.3 Å². The fourth-order valence-corrected chi connectivity index (χ4v) is 3.17. The number of ether oxygens (including phenoxy) is 1. The van der Waals surface area contributed by atoms with E-state index in [2.05, 4.69) is 29.7 Å². The number of piperidine rings is 1. The third kappa shape index (κ3) is 5.46. The maximum Gasteiger partial charge on any atom is 0.166 e. The molecule has 122 valence electrons. The zero-order chi connectivity index (χ0) is 15.8. The Hall–Kier alpha value is -1.33. The average molecular weight is 322 g/mol. The molecule has 1 aromatic carbocycles. The quantitative estimate of drug-likeness (QED) is 0.686. The molecule has 1 heterocycles. The van der Waals surface area contributed by atoms with Crippen molar-refractivity contribution in [1.29, 1.82) is 0 Å². The van der Waals surface area contributed by atoms with Crippen molar-refractivity contribution < 1.29 is 9.64 Å². The summed E-state index contributed by atoms with van der Waals surface area (Å²) in [6, 6.07) is 8.58. The van der Waals surface area contributed by atoms with Crippen LogP contribution in [-0.4, -0.2) is 37.9 Å². The largest absolute Gasteiger partial charge is 0.497 e. The van der Waals surface area contributed by atoms with Crippen LogP contribution in [0.15, 0.2) is 24.3 Å². The molecular weight excluding hydrogens is 294 g/mol. The van der Waals surface area contributed by atoms with Gasteiger partial charge in [0.1, 0.15) is 5.75 Å². The second-order valence-electron chi connectivity index (χ2n) is 5.95. The van der Waals surface area contributed by atoms with Crippen LogP contribution in [0, 0.1) is 0 Å². The molecule has 0 bridgehead atoms. The van der Waals surface area contributed by atoms with E-state index in [0.717, 1.165) is 17.4 Å². The third-order valence-corrected chi connectivity index (χ3v) is 4.51. The molecule has 0 unspecified atom stereocenters. The van der Waals surface area contributed by atoms with E-state index in [0.29, 0.717) is 6.04 Å². The van der Waals surface area contributed by atoms with E-state index in [1.807, 2.05) is 12.1 Å². The third-order valence-electron chi connectivity index (χ3n) is 4.24. The van der Waals surface area contributed by atoms with E-state index in [-0.39, 0.29) is 0 Å². The molecule has 2 rings (SSSR count). The van der Waals surface area contributed by atoms with Crippen LogP contribution in [0.2, 0.25) is 0 Å². The van der Waals surface area contributed by atoms with Gasteiger partial charge in [-0.25, -0.2) is 0 Å². The Kier molecular flexibility index (Phi) is 6.93. The molecule has 1 fully saturated rings. The molecule has 0 spiro atoms. The minimum Gasteiger partial charge on any atom is -0.497 e. The maximum absolute atomic E-state index is 5.41. The van der Waals surface area contributed by atoms with E-state index in [1.165, 1.54) is 44.5 Å². The SMILES string of the molecule is CCC[NH+]1CCC(NC(=S)NCc2ccc(OC)cc2)CC1. The highest BCUT2D eigenvalue weighted by molar-refractivity contribution is 7.80. The predicted molar refractivity (Wildman–Crippen MR) is 94.4 cm³/mol. The molecule has 0 amide bonds. The highest BCUT2D eigenvalue weighted by Gasteiger charge is 2.21. The second-order valence-corrected chi connectivity index (χ2v) is 6.36. The van der Waals surface area contributed by atoms with E-state index in [9.17, 15) is 0 Å². The Morgan fingerprint density at radius 2 is 1.95 bits per heavy atom. The molecule has 1 aliphatic heterocycles. The fraction of sp³-hybridized carbons (Fsp3) is 0.588. The average Bonchev–Trinajstić information content (AvgIpc) is 2.55. The van der Waals surface area contributed by atoms with Crippen molar-refractivity contribution in [2.45, 2.75) is 38.8 Å². The monoisotopic (exact) mass is 322 g/mol. The maximum atomic E-state index is 5.41. The Morgan fingerprint density at radius 1 is 1.27 bits per heavy atom. The smallest absolute Gasteiger partial charge is 0.166 e. The minimum atomic E-state index is 0.525. The van der Waals surface area contributed by atoms with Crippen molar-refractivity contribution in [3.8, 4) is 5.75 Å². The Balaban J connectivity index is 1.67. The molecule has 4 nitrogen and oxygen atoms in total. The minimum absolute atomic E-state index is 0.525. The zero-order valence-electron chi connectivity index (χ0n) is 13.7. The van der Waals surface area contributed by atoms with Crippen molar-refractivity contribution in [3.63, 3.8) is 0 Å². The van der Waals surface area contributed by atoms with Crippen LogP contribution in [0.5, 0.6) is 5.75 Å². The zero-order valence-corrected chi connectivity index (χ0v) is 14.5. The van der Waals surface area contributed by atoms with Crippen molar-refractivity contribution >= 4 is 17.3 Å². The molecule has 0 radical (unpaired) electrons. The van der Waals surface area contributed by atoms with Gasteiger partial charge in [-0.2, -0.15) is 0 Å². The lowest BCUT2D eigenvalue weighted by molar-refractivity contribution is -0.905. The molecule has 0 aliphatic carbocycles. The molecule has 1 saturated heterocycles. The number of quaternary nitrogens is 1. The standard InChI is InChI=1S/C17H27N3OS/c1-3-10-20-11-8-15(9-12-20)19-17(22)18-13-14-4-6-16(21-2)7-5-14/h4-7,15H,3,8-13H2,1-2H3,(H2,18,19,22)/p+1. The summed E-state index contributed by atoms with van der Waals surface area (Å²) in [7, 11) is 1.68. The van der Waals surface area contributed by atoms with Crippen molar-refractivity contribution in [2.24, 2.45) is 0 Å². The summed E-state index contributed by atoms with van der Waals surface area (Å²) in [5.74, 6) is 0.880. The molecule has 0 atom stereocenters. The van der Waals surface area contributed by atoms with Gasteiger partial charge in [0, 0.05) is 25.4 Å². The van der Waals surface area contributed by atoms with Crippen LogP contribution >= 0.6 is 12.2 Å². The number of hydrogen-bond donors (Lipinski definition) is 3. The molecule has 0 saturated carbocycles. The molecule has 1 aromatic rings. The van der Waals surface area contributed by atoms with Gasteiger partial charge in [0.05, 0.1) is 26.7 Å². The molecule has 22 heavy (non-hydrogen) atoms. The number of rotatable bonds is 6. The molecule has 3 N–H and O–H groups in total. The lowest BCUT2D eigenvalue weighted by Crippen LogP contribution is -3.13. The number of hydrogen-bond acceptors (Lipinski definition) is 2. The van der Waals surface area contributed by atoms with Gasteiger partial charge in [-0.15, -0.1) is 0 Å². The first-order chi connectivity index (χ1) is 10.7. The number of methoxy groups -OCH3 is 1. The van der Waals surface area contributed by atoms with Crippen LogP contribution < -0.4 is 20.3 Å². The van der Waals surface area contributed by atoms with E-state index in [4.69, 9.17) is 17.0 Å². The predicted octanol–water partition coefficient (Wildman–Crippen LogP) is 1.12. The molecule has 1 aliphatic rings. The number of thiocarbonyl (C=S) groups is 1. The first-order valence-electron chi connectivity index (χ1n) is 8.22. The van der Waals surface area contributed by atoms with Crippen LogP contribution in [0.1, 0.15) is 31.7 Å². The van der Waals surface area contributed by atoms with E-state index >= 15 is 0 Å². The lowest BCUT2D eigenvalue weighted by atomic mass is 10.1. The van der Waals surface area contributed by atoms with E-state index < -0.39 is 0 Å².